The van der Waals surface area contributed by atoms with Crippen molar-refractivity contribution in [2.24, 2.45) is 5.73 Å². The van der Waals surface area contributed by atoms with Crippen LogP contribution in [0.5, 0.6) is 0 Å². The van der Waals surface area contributed by atoms with Gasteiger partial charge in [-0.15, -0.1) is 0 Å². The molecule has 5 nitrogen and oxygen atoms in total. The van der Waals surface area contributed by atoms with Gasteiger partial charge in [0.25, 0.3) is 0 Å². The molecule has 0 radical (unpaired) electrons. The Labute approximate surface area is 102 Å². The predicted octanol–water partition coefficient (Wildman–Crippen LogP) is 1.44. The van der Waals surface area contributed by atoms with Gasteiger partial charge in [0.2, 0.25) is 5.91 Å². The van der Waals surface area contributed by atoms with Crippen LogP contribution in [0.15, 0.2) is 28.7 Å². The monoisotopic (exact) mass is 285 g/mol. The van der Waals surface area contributed by atoms with Gasteiger partial charge in [-0.3, -0.25) is 4.79 Å². The highest BCUT2D eigenvalue weighted by Crippen LogP contribution is 2.14. The maximum Gasteiger partial charge on any atom is 0.312 e. The molecule has 1 aromatic carbocycles. The molecule has 0 aliphatic carbocycles. The molecule has 0 saturated heterocycles. The van der Waals surface area contributed by atoms with Gasteiger partial charge in [0.15, 0.2) is 0 Å². The van der Waals surface area contributed by atoms with Crippen LogP contribution in [-0.4, -0.2) is 18.0 Å². The minimum atomic E-state index is -0.724. The highest BCUT2D eigenvalue weighted by atomic mass is 79.9. The zero-order chi connectivity index (χ0) is 12.1. The molecule has 0 bridgehead atoms. The van der Waals surface area contributed by atoms with Crippen molar-refractivity contribution in [1.82, 2.24) is 5.32 Å². The topological polar surface area (TPSA) is 84.2 Å². The van der Waals surface area contributed by atoms with Crippen LogP contribution in [0.1, 0.15) is 6.92 Å². The number of primary amides is 1. The second-order valence-electron chi connectivity index (χ2n) is 3.23. The van der Waals surface area contributed by atoms with Crippen molar-refractivity contribution in [3.8, 4) is 0 Å². The highest BCUT2D eigenvalue weighted by Gasteiger charge is 2.13. The molecule has 0 spiro atoms. The number of amides is 3. The lowest BCUT2D eigenvalue weighted by Gasteiger charge is -2.12. The van der Waals surface area contributed by atoms with Crippen molar-refractivity contribution in [1.29, 1.82) is 0 Å². The summed E-state index contributed by atoms with van der Waals surface area (Å²) in [5.74, 6) is -0.318. The lowest BCUT2D eigenvalue weighted by Crippen LogP contribution is -2.44. The molecule has 4 N–H and O–H groups in total. The Balaban J connectivity index is 2.57. The number of hydrogen-bond acceptors (Lipinski definition) is 2. The maximum atomic E-state index is 11.5. The predicted molar refractivity (Wildman–Crippen MR) is 65.0 cm³/mol. The van der Waals surface area contributed by atoms with E-state index in [1.165, 1.54) is 0 Å². The van der Waals surface area contributed by atoms with E-state index in [9.17, 15) is 9.59 Å². The highest BCUT2D eigenvalue weighted by molar-refractivity contribution is 9.10. The van der Waals surface area contributed by atoms with Gasteiger partial charge in [0.1, 0.15) is 6.04 Å². The quantitative estimate of drug-likeness (QED) is 0.785. The minimum absolute atomic E-state index is 0.318. The van der Waals surface area contributed by atoms with E-state index < -0.39 is 12.1 Å². The molecular formula is C10H12BrN3O2. The molecule has 1 atom stereocenters. The molecule has 6 heteroatoms. The van der Waals surface area contributed by atoms with E-state index in [0.717, 1.165) is 4.47 Å². The summed E-state index contributed by atoms with van der Waals surface area (Å²) in [5, 5.41) is 4.94. The Bertz CT molecular complexity index is 392. The lowest BCUT2D eigenvalue weighted by atomic mass is 10.3. The van der Waals surface area contributed by atoms with Crippen LogP contribution in [-0.2, 0) is 4.79 Å². The van der Waals surface area contributed by atoms with E-state index in [-0.39, 0.29) is 5.91 Å². The summed E-state index contributed by atoms with van der Waals surface area (Å²) >= 11 is 3.29. The lowest BCUT2D eigenvalue weighted by molar-refractivity contribution is -0.117. The van der Waals surface area contributed by atoms with Gasteiger partial charge in [-0.25, -0.2) is 4.79 Å². The first kappa shape index (κ1) is 12.5. The third-order valence-corrected chi connectivity index (χ3v) is 2.39. The summed E-state index contributed by atoms with van der Waals surface area (Å²) < 4.78 is 0.925. The van der Waals surface area contributed by atoms with Gasteiger partial charge in [-0.05, 0) is 31.2 Å². The smallest absolute Gasteiger partial charge is 0.312 e. The maximum absolute atomic E-state index is 11.5. The molecule has 0 heterocycles. The second-order valence-corrected chi connectivity index (χ2v) is 4.14. The molecular weight excluding hydrogens is 274 g/mol. The van der Waals surface area contributed by atoms with Crippen LogP contribution < -0.4 is 16.4 Å². The summed E-state index contributed by atoms with van der Waals surface area (Å²) in [7, 11) is 0. The van der Waals surface area contributed by atoms with Crippen LogP contribution in [0, 0.1) is 0 Å². The molecule has 0 saturated carbocycles. The first-order chi connectivity index (χ1) is 7.49. The molecule has 1 unspecified atom stereocenters. The average Bonchev–Trinajstić information content (AvgIpc) is 2.20. The Morgan fingerprint density at radius 1 is 1.31 bits per heavy atom. The first-order valence-corrected chi connectivity index (χ1v) is 5.40. The van der Waals surface area contributed by atoms with E-state index in [1.54, 1.807) is 19.1 Å². The number of halogens is 1. The number of rotatable bonds is 3. The van der Waals surface area contributed by atoms with Crippen LogP contribution in [0.4, 0.5) is 10.5 Å². The first-order valence-electron chi connectivity index (χ1n) is 4.61. The third kappa shape index (κ3) is 3.90. The third-order valence-electron chi connectivity index (χ3n) is 1.86. The van der Waals surface area contributed by atoms with Crippen LogP contribution in [0.3, 0.4) is 0 Å². The fourth-order valence-corrected chi connectivity index (χ4v) is 1.33. The van der Waals surface area contributed by atoms with Gasteiger partial charge in [0, 0.05) is 10.2 Å². The molecule has 1 rings (SSSR count). The zero-order valence-corrected chi connectivity index (χ0v) is 10.2. The summed E-state index contributed by atoms with van der Waals surface area (Å²) in [6.07, 6.45) is 0. The average molecular weight is 286 g/mol. The molecule has 3 amide bonds. The van der Waals surface area contributed by atoms with E-state index in [4.69, 9.17) is 5.73 Å². The van der Waals surface area contributed by atoms with Gasteiger partial charge < -0.3 is 16.4 Å². The van der Waals surface area contributed by atoms with Gasteiger partial charge in [-0.2, -0.15) is 0 Å². The Morgan fingerprint density at radius 2 is 1.88 bits per heavy atom. The number of anilines is 1. The van der Waals surface area contributed by atoms with Gasteiger partial charge in [0.05, 0.1) is 0 Å². The molecule has 0 fully saturated rings. The van der Waals surface area contributed by atoms with Crippen LogP contribution in [0.25, 0.3) is 0 Å². The second kappa shape index (κ2) is 5.50. The van der Waals surface area contributed by atoms with E-state index >= 15 is 0 Å². The van der Waals surface area contributed by atoms with Crippen molar-refractivity contribution < 1.29 is 9.59 Å². The van der Waals surface area contributed by atoms with E-state index in [0.29, 0.717) is 5.69 Å². The normalized spacial score (nSPS) is 11.6. The summed E-state index contributed by atoms with van der Waals surface area (Å²) in [6, 6.07) is 5.72. The number of carbonyl (C=O) groups excluding carboxylic acids is 2. The van der Waals surface area contributed by atoms with E-state index in [2.05, 4.69) is 26.6 Å². The van der Waals surface area contributed by atoms with Crippen molar-refractivity contribution in [3.63, 3.8) is 0 Å². The molecule has 1 aromatic rings. The van der Waals surface area contributed by atoms with Crippen LogP contribution in [0.2, 0.25) is 0 Å². The number of nitrogens with two attached hydrogens (primary N) is 1. The summed E-state index contributed by atoms with van der Waals surface area (Å²) in [5.41, 5.74) is 5.57. The fourth-order valence-electron chi connectivity index (χ4n) is 1.06. The van der Waals surface area contributed by atoms with Crippen molar-refractivity contribution in [2.45, 2.75) is 13.0 Å². The Morgan fingerprint density at radius 3 is 2.38 bits per heavy atom. The standard InChI is InChI=1S/C10H12BrN3O2/c1-6(13-10(12)16)9(15)14-8-4-2-7(11)3-5-8/h2-6H,1H3,(H,14,15)(H3,12,13,16). The molecule has 0 aliphatic rings. The number of carbonyl (C=O) groups is 2. The van der Waals surface area contributed by atoms with Gasteiger partial charge >= 0.3 is 6.03 Å². The van der Waals surface area contributed by atoms with Crippen molar-refractivity contribution in [2.75, 3.05) is 5.32 Å². The molecule has 86 valence electrons. The number of nitrogens with one attached hydrogen (secondary N) is 2. The van der Waals surface area contributed by atoms with Crippen LogP contribution >= 0.6 is 15.9 Å². The minimum Gasteiger partial charge on any atom is -0.352 e. The molecule has 16 heavy (non-hydrogen) atoms. The number of hydrogen-bond donors (Lipinski definition) is 3. The fraction of sp³-hybridized carbons (Fsp3) is 0.200. The number of urea groups is 1. The molecule has 0 aliphatic heterocycles. The van der Waals surface area contributed by atoms with Crippen molar-refractivity contribution >= 4 is 33.6 Å². The summed E-state index contributed by atoms with van der Waals surface area (Å²) in [6.45, 7) is 1.55. The zero-order valence-electron chi connectivity index (χ0n) is 8.66. The largest absolute Gasteiger partial charge is 0.352 e. The molecule has 0 aromatic heterocycles. The SMILES string of the molecule is CC(NC(N)=O)C(=O)Nc1ccc(Br)cc1. The van der Waals surface area contributed by atoms with Gasteiger partial charge in [-0.1, -0.05) is 15.9 Å². The van der Waals surface area contributed by atoms with Crippen molar-refractivity contribution in [3.05, 3.63) is 28.7 Å². The number of benzene rings is 1. The summed E-state index contributed by atoms with van der Waals surface area (Å²) in [4.78, 5) is 22.1. The Kier molecular flexibility index (Phi) is 4.30. The Hall–Kier alpha value is -1.56. The van der Waals surface area contributed by atoms with E-state index in [1.807, 2.05) is 12.1 Å².